The molecule has 94 valence electrons. The van der Waals surface area contributed by atoms with Crippen molar-refractivity contribution in [2.75, 3.05) is 0 Å². The van der Waals surface area contributed by atoms with Gasteiger partial charge in [-0.1, -0.05) is 21.1 Å². The standard InChI is InChI=1S/C10H10BrN5OS/c1-5-13-10(15-14-5)18-8-3-2-6(11)4-7(8)9(12)16-17/h2-4,17H,1H3,(H2,12,16)(H,13,14,15). The highest BCUT2D eigenvalue weighted by molar-refractivity contribution is 9.10. The van der Waals surface area contributed by atoms with Gasteiger partial charge in [-0.05, 0) is 36.9 Å². The van der Waals surface area contributed by atoms with Crippen molar-refractivity contribution in [1.29, 1.82) is 0 Å². The van der Waals surface area contributed by atoms with E-state index in [9.17, 15) is 0 Å². The number of rotatable bonds is 3. The van der Waals surface area contributed by atoms with E-state index in [2.05, 4.69) is 36.3 Å². The molecule has 0 aliphatic heterocycles. The number of aromatic nitrogens is 3. The number of nitrogens with two attached hydrogens (primary N) is 1. The molecule has 0 unspecified atom stereocenters. The first-order chi connectivity index (χ1) is 8.60. The van der Waals surface area contributed by atoms with Crippen LogP contribution in [0.1, 0.15) is 11.4 Å². The molecule has 0 saturated carbocycles. The lowest BCUT2D eigenvalue weighted by Gasteiger charge is -2.06. The van der Waals surface area contributed by atoms with Crippen molar-refractivity contribution in [3.05, 3.63) is 34.1 Å². The summed E-state index contributed by atoms with van der Waals surface area (Å²) >= 11 is 4.69. The van der Waals surface area contributed by atoms with Crippen LogP contribution in [0.5, 0.6) is 0 Å². The maximum Gasteiger partial charge on any atom is 0.213 e. The van der Waals surface area contributed by atoms with E-state index in [0.717, 1.165) is 15.2 Å². The van der Waals surface area contributed by atoms with Crippen molar-refractivity contribution >= 4 is 33.5 Å². The summed E-state index contributed by atoms with van der Waals surface area (Å²) in [6.45, 7) is 1.82. The highest BCUT2D eigenvalue weighted by Crippen LogP contribution is 2.29. The topological polar surface area (TPSA) is 100 Å². The lowest BCUT2D eigenvalue weighted by Crippen LogP contribution is -2.14. The first-order valence-corrected chi connectivity index (χ1v) is 6.55. The number of hydrogen-bond donors (Lipinski definition) is 3. The second kappa shape index (κ2) is 5.40. The Morgan fingerprint density at radius 3 is 2.94 bits per heavy atom. The Bertz CT molecular complexity index is 598. The summed E-state index contributed by atoms with van der Waals surface area (Å²) in [5, 5.41) is 19.2. The van der Waals surface area contributed by atoms with Crippen molar-refractivity contribution in [2.24, 2.45) is 10.9 Å². The van der Waals surface area contributed by atoms with Crippen molar-refractivity contribution in [1.82, 2.24) is 15.2 Å². The number of hydrogen-bond acceptors (Lipinski definition) is 5. The largest absolute Gasteiger partial charge is 0.409 e. The van der Waals surface area contributed by atoms with E-state index in [0.29, 0.717) is 10.7 Å². The number of H-pyrrole nitrogens is 1. The van der Waals surface area contributed by atoms with Gasteiger partial charge in [0, 0.05) is 14.9 Å². The van der Waals surface area contributed by atoms with Gasteiger partial charge in [0.05, 0.1) is 0 Å². The maximum atomic E-state index is 8.77. The average molecular weight is 328 g/mol. The second-order valence-corrected chi connectivity index (χ2v) is 5.36. The zero-order valence-electron chi connectivity index (χ0n) is 9.38. The van der Waals surface area contributed by atoms with Crippen molar-refractivity contribution in [2.45, 2.75) is 17.0 Å². The van der Waals surface area contributed by atoms with Crippen molar-refractivity contribution in [3.63, 3.8) is 0 Å². The number of nitrogens with one attached hydrogen (secondary N) is 1. The maximum absolute atomic E-state index is 8.77. The van der Waals surface area contributed by atoms with Gasteiger partial charge >= 0.3 is 0 Å². The van der Waals surface area contributed by atoms with Gasteiger partial charge in [0.2, 0.25) is 5.16 Å². The molecule has 4 N–H and O–H groups in total. The smallest absolute Gasteiger partial charge is 0.213 e. The van der Waals surface area contributed by atoms with Gasteiger partial charge < -0.3 is 10.9 Å². The summed E-state index contributed by atoms with van der Waals surface area (Å²) < 4.78 is 0.847. The highest BCUT2D eigenvalue weighted by atomic mass is 79.9. The van der Waals surface area contributed by atoms with Crippen LogP contribution in [0.25, 0.3) is 0 Å². The SMILES string of the molecule is Cc1nc(Sc2ccc(Br)cc2/C(N)=N/O)n[nH]1. The lowest BCUT2D eigenvalue weighted by molar-refractivity contribution is 0.318. The number of aromatic amines is 1. The molecule has 1 aromatic heterocycles. The number of halogens is 1. The van der Waals surface area contributed by atoms with Crippen LogP contribution in [-0.4, -0.2) is 26.2 Å². The number of aryl methyl sites for hydroxylation is 1. The van der Waals surface area contributed by atoms with Gasteiger partial charge in [-0.3, -0.25) is 5.10 Å². The van der Waals surface area contributed by atoms with Crippen LogP contribution in [0.15, 0.2) is 37.9 Å². The number of oxime groups is 1. The third kappa shape index (κ3) is 2.82. The molecule has 0 saturated heterocycles. The second-order valence-electron chi connectivity index (χ2n) is 3.43. The van der Waals surface area contributed by atoms with E-state index >= 15 is 0 Å². The van der Waals surface area contributed by atoms with Gasteiger partial charge in [0.1, 0.15) is 5.82 Å². The van der Waals surface area contributed by atoms with Crippen molar-refractivity contribution in [3.8, 4) is 0 Å². The molecule has 0 aliphatic carbocycles. The normalized spacial score (nSPS) is 11.8. The lowest BCUT2D eigenvalue weighted by atomic mass is 10.2. The van der Waals surface area contributed by atoms with E-state index in [1.807, 2.05) is 19.1 Å². The molecular weight excluding hydrogens is 318 g/mol. The zero-order valence-corrected chi connectivity index (χ0v) is 11.8. The summed E-state index contributed by atoms with van der Waals surface area (Å²) in [5.74, 6) is 0.783. The van der Waals surface area contributed by atoms with Crippen molar-refractivity contribution < 1.29 is 5.21 Å². The third-order valence-corrected chi connectivity index (χ3v) is 3.54. The van der Waals surface area contributed by atoms with E-state index in [4.69, 9.17) is 10.9 Å². The van der Waals surface area contributed by atoms with Crippen LogP contribution < -0.4 is 5.73 Å². The molecule has 0 atom stereocenters. The molecule has 0 spiro atoms. The fourth-order valence-electron chi connectivity index (χ4n) is 1.31. The molecule has 0 fully saturated rings. The average Bonchev–Trinajstić information content (AvgIpc) is 2.76. The quantitative estimate of drug-likeness (QED) is 0.347. The minimum atomic E-state index is 0.0473. The highest BCUT2D eigenvalue weighted by Gasteiger charge is 2.11. The Hall–Kier alpha value is -1.54. The fourth-order valence-corrected chi connectivity index (χ4v) is 2.55. The Morgan fingerprint density at radius 1 is 1.56 bits per heavy atom. The summed E-state index contributed by atoms with van der Waals surface area (Å²) in [4.78, 5) is 5.01. The van der Waals surface area contributed by atoms with E-state index in [-0.39, 0.29) is 5.84 Å². The van der Waals surface area contributed by atoms with Crippen LogP contribution in [0.2, 0.25) is 0 Å². The summed E-state index contributed by atoms with van der Waals surface area (Å²) in [6, 6.07) is 5.50. The molecule has 0 radical (unpaired) electrons. The van der Waals surface area contributed by atoms with Crippen LogP contribution in [0.3, 0.4) is 0 Å². The van der Waals surface area contributed by atoms with E-state index in [1.54, 1.807) is 6.07 Å². The summed E-state index contributed by atoms with van der Waals surface area (Å²) in [6.07, 6.45) is 0. The van der Waals surface area contributed by atoms with Crippen LogP contribution >= 0.6 is 27.7 Å². The molecule has 8 heteroatoms. The molecule has 6 nitrogen and oxygen atoms in total. The first kappa shape index (κ1) is 12.9. The predicted octanol–water partition coefficient (Wildman–Crippen LogP) is 2.12. The monoisotopic (exact) mass is 327 g/mol. The molecule has 0 aliphatic rings. The molecule has 0 amide bonds. The van der Waals surface area contributed by atoms with Gasteiger partial charge in [-0.25, -0.2) is 4.98 Å². The first-order valence-electron chi connectivity index (χ1n) is 4.94. The third-order valence-electron chi connectivity index (χ3n) is 2.10. The Kier molecular flexibility index (Phi) is 3.87. The molecule has 0 bridgehead atoms. The van der Waals surface area contributed by atoms with Gasteiger partial charge in [0.15, 0.2) is 5.84 Å². The Balaban J connectivity index is 2.38. The number of amidine groups is 1. The zero-order chi connectivity index (χ0) is 13.1. The Labute approximate surface area is 116 Å². The van der Waals surface area contributed by atoms with E-state index < -0.39 is 0 Å². The summed E-state index contributed by atoms with van der Waals surface area (Å²) in [7, 11) is 0. The van der Waals surface area contributed by atoms with Crippen LogP contribution in [-0.2, 0) is 0 Å². The minimum absolute atomic E-state index is 0.0473. The van der Waals surface area contributed by atoms with Crippen LogP contribution in [0, 0.1) is 6.92 Å². The van der Waals surface area contributed by atoms with Crippen LogP contribution in [0.4, 0.5) is 0 Å². The number of benzene rings is 1. The summed E-state index contributed by atoms with van der Waals surface area (Å²) in [5.41, 5.74) is 6.26. The molecule has 18 heavy (non-hydrogen) atoms. The fraction of sp³-hybridized carbons (Fsp3) is 0.100. The molecule has 1 heterocycles. The van der Waals surface area contributed by atoms with E-state index in [1.165, 1.54) is 11.8 Å². The number of nitrogens with zero attached hydrogens (tertiary/aromatic N) is 3. The Morgan fingerprint density at radius 2 is 2.33 bits per heavy atom. The molecule has 2 aromatic rings. The van der Waals surface area contributed by atoms with Gasteiger partial charge in [-0.15, -0.1) is 5.10 Å². The molecule has 2 rings (SSSR count). The van der Waals surface area contributed by atoms with Gasteiger partial charge in [0.25, 0.3) is 0 Å². The molecular formula is C10H10BrN5OS. The molecule has 1 aromatic carbocycles. The predicted molar refractivity (Wildman–Crippen MR) is 71.9 cm³/mol. The van der Waals surface area contributed by atoms with Gasteiger partial charge in [-0.2, -0.15) is 0 Å². The minimum Gasteiger partial charge on any atom is -0.409 e.